The van der Waals surface area contributed by atoms with Crippen molar-refractivity contribution in [2.45, 2.75) is 25.7 Å². The van der Waals surface area contributed by atoms with E-state index in [1.807, 2.05) is 12.1 Å². The second-order valence-corrected chi connectivity index (χ2v) is 5.90. The molecule has 20 heavy (non-hydrogen) atoms. The summed E-state index contributed by atoms with van der Waals surface area (Å²) in [7, 11) is 0. The first-order valence-corrected chi connectivity index (χ1v) is 7.09. The van der Waals surface area contributed by atoms with Crippen LogP contribution in [-0.2, 0) is 4.79 Å². The summed E-state index contributed by atoms with van der Waals surface area (Å²) in [5, 5.41) is 0. The van der Waals surface area contributed by atoms with Gasteiger partial charge >= 0.3 is 0 Å². The third-order valence-electron chi connectivity index (χ3n) is 4.59. The molecule has 0 radical (unpaired) electrons. The average Bonchev–Trinajstić information content (AvgIpc) is 2.47. The summed E-state index contributed by atoms with van der Waals surface area (Å²) in [6.45, 7) is 4.11. The minimum atomic E-state index is -0.0997. The van der Waals surface area contributed by atoms with E-state index in [2.05, 4.69) is 50.2 Å². The van der Waals surface area contributed by atoms with Gasteiger partial charge in [0.2, 0.25) is 0 Å². The van der Waals surface area contributed by atoms with E-state index in [0.717, 1.165) is 11.1 Å². The van der Waals surface area contributed by atoms with Gasteiger partial charge in [-0.05, 0) is 36.1 Å². The maximum atomic E-state index is 12.9. The lowest BCUT2D eigenvalue weighted by Crippen LogP contribution is -2.35. The van der Waals surface area contributed by atoms with E-state index in [1.54, 1.807) is 0 Å². The Morgan fingerprint density at radius 2 is 1.15 bits per heavy atom. The van der Waals surface area contributed by atoms with Crippen molar-refractivity contribution >= 4 is 5.78 Å². The number of allylic oxidation sites excluding steroid dienone is 2. The van der Waals surface area contributed by atoms with Gasteiger partial charge in [-0.2, -0.15) is 0 Å². The highest BCUT2D eigenvalue weighted by Crippen LogP contribution is 2.53. The van der Waals surface area contributed by atoms with E-state index in [4.69, 9.17) is 0 Å². The Hall–Kier alpha value is -2.15. The van der Waals surface area contributed by atoms with E-state index in [0.29, 0.717) is 5.78 Å². The Kier molecular flexibility index (Phi) is 2.29. The van der Waals surface area contributed by atoms with Crippen molar-refractivity contribution in [2.24, 2.45) is 0 Å². The van der Waals surface area contributed by atoms with E-state index < -0.39 is 0 Å². The topological polar surface area (TPSA) is 17.1 Å². The Morgan fingerprint density at radius 3 is 1.55 bits per heavy atom. The molecule has 0 aromatic heterocycles. The Labute approximate surface area is 119 Å². The molecule has 2 aromatic carbocycles. The normalized spacial score (nSPS) is 22.5. The number of rotatable bonds is 0. The standard InChI is InChI=1S/C19H16O/c1-11(2)16-17-12-7-3-5-9-14(12)18(19(16)20)15-10-6-4-8-13(15)17/h3-10,17-18H,1-2H3. The van der Waals surface area contributed by atoms with Crippen molar-refractivity contribution in [1.82, 2.24) is 0 Å². The second kappa shape index (κ2) is 3.92. The van der Waals surface area contributed by atoms with Crippen LogP contribution in [0.5, 0.6) is 0 Å². The summed E-state index contributed by atoms with van der Waals surface area (Å²) >= 11 is 0. The van der Waals surface area contributed by atoms with E-state index >= 15 is 0 Å². The SMILES string of the molecule is CC(C)=C1C(=O)C2c3ccccc3C1c1ccccc12. The molecule has 0 atom stereocenters. The van der Waals surface area contributed by atoms with Crippen molar-refractivity contribution in [3.8, 4) is 0 Å². The van der Waals surface area contributed by atoms with Gasteiger partial charge in [0.15, 0.2) is 5.78 Å². The van der Waals surface area contributed by atoms with Crippen LogP contribution in [0.1, 0.15) is 47.9 Å². The van der Waals surface area contributed by atoms with Crippen LogP contribution in [0.2, 0.25) is 0 Å². The smallest absolute Gasteiger partial charge is 0.171 e. The number of carbonyl (C=O) groups excluding carboxylic acids is 1. The van der Waals surface area contributed by atoms with E-state index in [1.165, 1.54) is 22.3 Å². The number of hydrogen-bond acceptors (Lipinski definition) is 1. The number of Topliss-reactive ketones (excluding diaryl/α,β-unsaturated/α-hetero) is 1. The van der Waals surface area contributed by atoms with Crippen LogP contribution in [0.15, 0.2) is 59.7 Å². The highest BCUT2D eigenvalue weighted by molar-refractivity contribution is 6.09. The maximum Gasteiger partial charge on any atom is 0.171 e. The second-order valence-electron chi connectivity index (χ2n) is 5.90. The number of benzene rings is 2. The Bertz CT molecular complexity index is 715. The third kappa shape index (κ3) is 1.30. The first kappa shape index (κ1) is 11.7. The lowest BCUT2D eigenvalue weighted by Gasteiger charge is -2.41. The summed E-state index contributed by atoms with van der Waals surface area (Å²) in [6, 6.07) is 16.8. The van der Waals surface area contributed by atoms with Crippen molar-refractivity contribution in [3.05, 3.63) is 81.9 Å². The highest BCUT2D eigenvalue weighted by Gasteiger charge is 2.45. The summed E-state index contributed by atoms with van der Waals surface area (Å²) in [5.74, 6) is 0.328. The number of carbonyl (C=O) groups is 1. The first-order chi connectivity index (χ1) is 9.70. The molecule has 0 saturated carbocycles. The number of ketones is 1. The van der Waals surface area contributed by atoms with Gasteiger partial charge in [0, 0.05) is 11.5 Å². The molecule has 5 rings (SSSR count). The Balaban J connectivity index is 2.13. The molecule has 0 heterocycles. The Morgan fingerprint density at radius 1 is 0.750 bits per heavy atom. The van der Waals surface area contributed by atoms with Gasteiger partial charge in [0.25, 0.3) is 0 Å². The lowest BCUT2D eigenvalue weighted by atomic mass is 9.60. The van der Waals surface area contributed by atoms with Crippen molar-refractivity contribution in [3.63, 3.8) is 0 Å². The van der Waals surface area contributed by atoms with Crippen LogP contribution in [0, 0.1) is 0 Å². The van der Waals surface area contributed by atoms with Crippen LogP contribution in [0.3, 0.4) is 0 Å². The van der Waals surface area contributed by atoms with Crippen LogP contribution in [-0.4, -0.2) is 5.78 Å². The molecule has 1 nitrogen and oxygen atoms in total. The fourth-order valence-corrected chi connectivity index (χ4v) is 3.83. The zero-order valence-corrected chi connectivity index (χ0v) is 11.7. The van der Waals surface area contributed by atoms with Crippen molar-refractivity contribution < 1.29 is 4.79 Å². The molecule has 2 bridgehead atoms. The van der Waals surface area contributed by atoms with Gasteiger partial charge in [0.1, 0.15) is 0 Å². The molecule has 1 heteroatoms. The zero-order valence-electron chi connectivity index (χ0n) is 11.7. The summed E-state index contributed by atoms with van der Waals surface area (Å²) in [6.07, 6.45) is 0. The van der Waals surface area contributed by atoms with E-state index in [-0.39, 0.29) is 11.8 Å². The molecule has 0 spiro atoms. The number of hydrogen-bond donors (Lipinski definition) is 0. The van der Waals surface area contributed by atoms with Gasteiger partial charge in [0.05, 0.1) is 5.92 Å². The van der Waals surface area contributed by atoms with Crippen molar-refractivity contribution in [1.29, 1.82) is 0 Å². The molecule has 3 aliphatic rings. The minimum Gasteiger partial charge on any atom is -0.293 e. The highest BCUT2D eigenvalue weighted by atomic mass is 16.1. The number of fused-ring (bicyclic) bond motifs is 1. The van der Waals surface area contributed by atoms with E-state index in [9.17, 15) is 4.79 Å². The predicted octanol–water partition coefficient (Wildman–Crippen LogP) is 4.18. The van der Waals surface area contributed by atoms with Crippen molar-refractivity contribution in [2.75, 3.05) is 0 Å². The molecular formula is C19H16O. The molecular weight excluding hydrogens is 244 g/mol. The van der Waals surface area contributed by atoms with Crippen LogP contribution >= 0.6 is 0 Å². The van der Waals surface area contributed by atoms with Crippen LogP contribution in [0.4, 0.5) is 0 Å². The van der Waals surface area contributed by atoms with Gasteiger partial charge in [-0.1, -0.05) is 54.1 Å². The molecule has 0 aliphatic heterocycles. The first-order valence-electron chi connectivity index (χ1n) is 7.09. The van der Waals surface area contributed by atoms with Gasteiger partial charge in [-0.25, -0.2) is 0 Å². The fourth-order valence-electron chi connectivity index (χ4n) is 3.83. The maximum absolute atomic E-state index is 12.9. The molecule has 2 aromatic rings. The van der Waals surface area contributed by atoms with Crippen LogP contribution < -0.4 is 0 Å². The molecule has 0 unspecified atom stereocenters. The molecule has 0 fully saturated rings. The molecule has 0 saturated heterocycles. The largest absolute Gasteiger partial charge is 0.293 e. The summed E-state index contributed by atoms with van der Waals surface area (Å²) in [5.41, 5.74) is 7.18. The van der Waals surface area contributed by atoms with Gasteiger partial charge in [-0.15, -0.1) is 0 Å². The molecule has 0 amide bonds. The minimum absolute atomic E-state index is 0.0997. The van der Waals surface area contributed by atoms with Gasteiger partial charge < -0.3 is 0 Å². The molecule has 0 N–H and O–H groups in total. The molecule has 3 aliphatic carbocycles. The zero-order chi connectivity index (χ0) is 13.9. The monoisotopic (exact) mass is 260 g/mol. The quantitative estimate of drug-likeness (QED) is 0.649. The lowest BCUT2D eigenvalue weighted by molar-refractivity contribution is -0.117. The third-order valence-corrected chi connectivity index (χ3v) is 4.59. The van der Waals surface area contributed by atoms with Crippen LogP contribution in [0.25, 0.3) is 0 Å². The van der Waals surface area contributed by atoms with Gasteiger partial charge in [-0.3, -0.25) is 4.79 Å². The average molecular weight is 260 g/mol. The molecule has 98 valence electrons. The summed E-state index contributed by atoms with van der Waals surface area (Å²) in [4.78, 5) is 12.9. The predicted molar refractivity (Wildman–Crippen MR) is 80.0 cm³/mol. The summed E-state index contributed by atoms with van der Waals surface area (Å²) < 4.78 is 0. The fraction of sp³-hybridized carbons (Fsp3) is 0.211.